The molecule has 1 saturated carbocycles. The standard InChI is InChI=1S/C22H23N5O3/c28-22(15-6-9-19(20(12-15)27(29)30)26-10-1-2-11-26)23-16-7-8-17-18(13-16)25-21(24-17)14-4-3-5-14/h6-9,12-14H,1-5,10-11H2,(H,23,28)(H,24,25). The summed E-state index contributed by atoms with van der Waals surface area (Å²) in [5, 5.41) is 14.4. The average Bonchev–Trinajstić information content (AvgIpc) is 3.35. The maximum Gasteiger partial charge on any atom is 0.293 e. The Balaban J connectivity index is 1.37. The number of rotatable bonds is 5. The fourth-order valence-electron chi connectivity index (χ4n) is 4.22. The highest BCUT2D eigenvalue weighted by atomic mass is 16.6. The molecule has 1 aromatic heterocycles. The molecule has 0 spiro atoms. The number of carbonyl (C=O) groups is 1. The van der Waals surface area contributed by atoms with Gasteiger partial charge in [0.05, 0.1) is 16.0 Å². The minimum Gasteiger partial charge on any atom is -0.366 e. The normalized spacial score (nSPS) is 16.6. The summed E-state index contributed by atoms with van der Waals surface area (Å²) in [6.45, 7) is 1.61. The molecule has 154 valence electrons. The molecule has 2 fully saturated rings. The van der Waals surface area contributed by atoms with E-state index in [1.165, 1.54) is 12.5 Å². The number of hydrogen-bond acceptors (Lipinski definition) is 5. The third kappa shape index (κ3) is 3.38. The molecule has 2 aliphatic rings. The van der Waals surface area contributed by atoms with Crippen LogP contribution in [0.3, 0.4) is 0 Å². The third-order valence-electron chi connectivity index (χ3n) is 6.13. The Morgan fingerprint density at radius 1 is 1.13 bits per heavy atom. The molecule has 1 aliphatic heterocycles. The van der Waals surface area contributed by atoms with E-state index in [1.807, 2.05) is 17.0 Å². The molecule has 3 aromatic rings. The molecule has 2 N–H and O–H groups in total. The number of carbonyl (C=O) groups excluding carboxylic acids is 1. The number of H-pyrrole nitrogens is 1. The van der Waals surface area contributed by atoms with Crippen LogP contribution in [0.1, 0.15) is 54.2 Å². The van der Waals surface area contributed by atoms with Gasteiger partial charge in [-0.1, -0.05) is 6.42 Å². The van der Waals surface area contributed by atoms with Gasteiger partial charge in [-0.25, -0.2) is 4.98 Å². The number of benzene rings is 2. The Kier molecular flexibility index (Phi) is 4.61. The first-order chi connectivity index (χ1) is 14.6. The molecule has 2 aromatic carbocycles. The van der Waals surface area contributed by atoms with Crippen molar-refractivity contribution in [1.29, 1.82) is 0 Å². The van der Waals surface area contributed by atoms with Crippen molar-refractivity contribution in [3.63, 3.8) is 0 Å². The molecule has 0 atom stereocenters. The first kappa shape index (κ1) is 18.6. The van der Waals surface area contributed by atoms with E-state index < -0.39 is 4.92 Å². The van der Waals surface area contributed by atoms with Gasteiger partial charge in [0.2, 0.25) is 0 Å². The van der Waals surface area contributed by atoms with E-state index in [9.17, 15) is 14.9 Å². The van der Waals surface area contributed by atoms with E-state index in [2.05, 4.69) is 15.3 Å². The monoisotopic (exact) mass is 405 g/mol. The number of anilines is 2. The number of fused-ring (bicyclic) bond motifs is 1. The number of imidazole rings is 1. The predicted molar refractivity (Wildman–Crippen MR) is 115 cm³/mol. The summed E-state index contributed by atoms with van der Waals surface area (Å²) >= 11 is 0. The van der Waals surface area contributed by atoms with Crippen LogP contribution in [-0.2, 0) is 0 Å². The molecule has 5 rings (SSSR count). The van der Waals surface area contributed by atoms with Gasteiger partial charge in [0, 0.05) is 36.3 Å². The fourth-order valence-corrected chi connectivity index (χ4v) is 4.22. The van der Waals surface area contributed by atoms with Gasteiger partial charge in [0.1, 0.15) is 11.5 Å². The average molecular weight is 405 g/mol. The number of aromatic amines is 1. The van der Waals surface area contributed by atoms with E-state index in [1.54, 1.807) is 18.2 Å². The third-order valence-corrected chi connectivity index (χ3v) is 6.13. The number of nitrogens with zero attached hydrogens (tertiary/aromatic N) is 3. The molecule has 30 heavy (non-hydrogen) atoms. The van der Waals surface area contributed by atoms with Crippen LogP contribution < -0.4 is 10.2 Å². The molecular weight excluding hydrogens is 382 g/mol. The van der Waals surface area contributed by atoms with Crippen molar-refractivity contribution in [3.05, 3.63) is 57.9 Å². The quantitative estimate of drug-likeness (QED) is 0.477. The van der Waals surface area contributed by atoms with Crippen molar-refractivity contribution in [1.82, 2.24) is 9.97 Å². The molecule has 1 saturated heterocycles. The second-order valence-corrected chi connectivity index (χ2v) is 8.09. The summed E-state index contributed by atoms with van der Waals surface area (Å²) in [6.07, 6.45) is 5.62. The second-order valence-electron chi connectivity index (χ2n) is 8.09. The summed E-state index contributed by atoms with van der Waals surface area (Å²) in [5.74, 6) is 1.14. The molecule has 2 heterocycles. The van der Waals surface area contributed by atoms with Crippen LogP contribution in [0.15, 0.2) is 36.4 Å². The highest BCUT2D eigenvalue weighted by Gasteiger charge is 2.24. The number of nitro groups is 1. The molecule has 0 bridgehead atoms. The van der Waals surface area contributed by atoms with Gasteiger partial charge in [-0.2, -0.15) is 0 Å². The lowest BCUT2D eigenvalue weighted by atomic mass is 9.85. The minimum absolute atomic E-state index is 0.0290. The fraction of sp³-hybridized carbons (Fsp3) is 0.364. The van der Waals surface area contributed by atoms with Crippen molar-refractivity contribution >= 4 is 34.0 Å². The van der Waals surface area contributed by atoms with Gasteiger partial charge >= 0.3 is 0 Å². The zero-order chi connectivity index (χ0) is 20.7. The summed E-state index contributed by atoms with van der Waals surface area (Å²) in [6, 6.07) is 10.2. The maximum atomic E-state index is 12.8. The second kappa shape index (κ2) is 7.44. The number of hydrogen-bond donors (Lipinski definition) is 2. The lowest BCUT2D eigenvalue weighted by molar-refractivity contribution is -0.384. The molecule has 1 amide bonds. The Bertz CT molecular complexity index is 1130. The first-order valence-corrected chi connectivity index (χ1v) is 10.4. The SMILES string of the molecule is O=C(Nc1ccc2nc(C3CCC3)[nH]c2c1)c1ccc(N2CCCC2)c([N+](=O)[O-])c1. The van der Waals surface area contributed by atoms with E-state index in [-0.39, 0.29) is 17.2 Å². The molecule has 1 aliphatic carbocycles. The number of nitrogens with one attached hydrogen (secondary N) is 2. The van der Waals surface area contributed by atoms with Crippen LogP contribution in [0.5, 0.6) is 0 Å². The zero-order valence-electron chi connectivity index (χ0n) is 16.6. The van der Waals surface area contributed by atoms with Gasteiger partial charge in [-0.15, -0.1) is 0 Å². The zero-order valence-corrected chi connectivity index (χ0v) is 16.6. The van der Waals surface area contributed by atoms with Crippen molar-refractivity contribution in [2.24, 2.45) is 0 Å². The molecule has 8 nitrogen and oxygen atoms in total. The van der Waals surface area contributed by atoms with Crippen LogP contribution in [0.2, 0.25) is 0 Å². The van der Waals surface area contributed by atoms with Gasteiger partial charge < -0.3 is 15.2 Å². The summed E-state index contributed by atoms with van der Waals surface area (Å²) in [4.78, 5) is 33.9. The lowest BCUT2D eigenvalue weighted by Gasteiger charge is -2.22. The van der Waals surface area contributed by atoms with Crippen LogP contribution in [0.4, 0.5) is 17.1 Å². The summed E-state index contributed by atoms with van der Waals surface area (Å²) < 4.78 is 0. The van der Waals surface area contributed by atoms with Gasteiger partial charge in [-0.3, -0.25) is 14.9 Å². The number of amides is 1. The Labute approximate surface area is 173 Å². The van der Waals surface area contributed by atoms with Gasteiger partial charge in [0.15, 0.2) is 0 Å². The van der Waals surface area contributed by atoms with E-state index in [4.69, 9.17) is 0 Å². The topological polar surface area (TPSA) is 104 Å². The van der Waals surface area contributed by atoms with Crippen LogP contribution in [-0.4, -0.2) is 33.9 Å². The lowest BCUT2D eigenvalue weighted by Crippen LogP contribution is -2.19. The Morgan fingerprint density at radius 2 is 1.93 bits per heavy atom. The minimum atomic E-state index is -0.414. The summed E-state index contributed by atoms with van der Waals surface area (Å²) in [7, 11) is 0. The van der Waals surface area contributed by atoms with Gasteiger partial charge in [-0.05, 0) is 56.0 Å². The van der Waals surface area contributed by atoms with E-state index in [0.717, 1.165) is 55.6 Å². The van der Waals surface area contributed by atoms with Crippen molar-refractivity contribution in [2.75, 3.05) is 23.3 Å². The van der Waals surface area contributed by atoms with Gasteiger partial charge in [0.25, 0.3) is 11.6 Å². The van der Waals surface area contributed by atoms with Crippen LogP contribution in [0, 0.1) is 10.1 Å². The van der Waals surface area contributed by atoms with E-state index in [0.29, 0.717) is 17.3 Å². The maximum absolute atomic E-state index is 12.8. The van der Waals surface area contributed by atoms with Crippen LogP contribution in [0.25, 0.3) is 11.0 Å². The highest BCUT2D eigenvalue weighted by molar-refractivity contribution is 6.05. The highest BCUT2D eigenvalue weighted by Crippen LogP contribution is 2.36. The smallest absolute Gasteiger partial charge is 0.293 e. The Hall–Kier alpha value is -3.42. The number of nitro benzene ring substituents is 1. The predicted octanol–water partition coefficient (Wildman–Crippen LogP) is 4.59. The summed E-state index contributed by atoms with van der Waals surface area (Å²) in [5.41, 5.74) is 3.20. The molecule has 8 heteroatoms. The number of aromatic nitrogens is 2. The molecule has 0 radical (unpaired) electrons. The van der Waals surface area contributed by atoms with Crippen molar-refractivity contribution in [2.45, 2.75) is 38.0 Å². The Morgan fingerprint density at radius 3 is 2.63 bits per heavy atom. The van der Waals surface area contributed by atoms with Crippen molar-refractivity contribution < 1.29 is 9.72 Å². The molecule has 0 unspecified atom stereocenters. The van der Waals surface area contributed by atoms with E-state index >= 15 is 0 Å². The largest absolute Gasteiger partial charge is 0.366 e. The van der Waals surface area contributed by atoms with Crippen LogP contribution >= 0.6 is 0 Å². The van der Waals surface area contributed by atoms with Crippen molar-refractivity contribution in [3.8, 4) is 0 Å². The molecular formula is C22H23N5O3. The first-order valence-electron chi connectivity index (χ1n) is 10.4.